The number of benzene rings is 3. The average molecular weight is 683 g/mol. The molecule has 1 unspecified atom stereocenters. The van der Waals surface area contributed by atoms with Gasteiger partial charge in [0.15, 0.2) is 5.58 Å². The van der Waals surface area contributed by atoms with Gasteiger partial charge in [0.2, 0.25) is 11.8 Å². The van der Waals surface area contributed by atoms with Crippen molar-refractivity contribution in [3.8, 4) is 34.0 Å². The van der Waals surface area contributed by atoms with E-state index in [0.29, 0.717) is 66.9 Å². The van der Waals surface area contributed by atoms with Crippen molar-refractivity contribution in [3.05, 3.63) is 81.7 Å². The molecule has 1 N–H and O–H groups in total. The highest BCUT2D eigenvalue weighted by Gasteiger charge is 2.30. The molecule has 10 nitrogen and oxygen atoms in total. The van der Waals surface area contributed by atoms with Crippen LogP contribution in [0, 0.1) is 19.8 Å². The Labute approximate surface area is 289 Å². The van der Waals surface area contributed by atoms with Gasteiger partial charge in [-0.1, -0.05) is 35.9 Å². The van der Waals surface area contributed by atoms with Crippen LogP contribution in [0.1, 0.15) is 55.3 Å². The van der Waals surface area contributed by atoms with Crippen molar-refractivity contribution in [2.75, 3.05) is 19.6 Å². The first kappa shape index (κ1) is 32.9. The zero-order valence-corrected chi connectivity index (χ0v) is 29.1. The fourth-order valence-electron chi connectivity index (χ4n) is 6.80. The Morgan fingerprint density at radius 3 is 2.24 bits per heavy atom. The number of carbonyl (C=O) groups excluding carboxylic acids is 1. The second-order valence-electron chi connectivity index (χ2n) is 14.0. The minimum atomic E-state index is -0.749. The third kappa shape index (κ3) is 6.55. The van der Waals surface area contributed by atoms with Gasteiger partial charge in [-0.2, -0.15) is 0 Å². The largest absolute Gasteiger partial charge is 0.481 e. The first-order chi connectivity index (χ1) is 23.3. The van der Waals surface area contributed by atoms with Gasteiger partial charge in [-0.05, 0) is 99.7 Å². The highest BCUT2D eigenvalue weighted by Crippen LogP contribution is 2.39. The van der Waals surface area contributed by atoms with Gasteiger partial charge in [0, 0.05) is 37.2 Å². The van der Waals surface area contributed by atoms with E-state index in [1.165, 1.54) is 0 Å². The van der Waals surface area contributed by atoms with Gasteiger partial charge in [0.1, 0.15) is 22.6 Å². The van der Waals surface area contributed by atoms with Crippen molar-refractivity contribution in [2.45, 2.75) is 66.2 Å². The number of oxazole rings is 2. The molecule has 254 valence electrons. The summed E-state index contributed by atoms with van der Waals surface area (Å²) >= 11 is 6.69. The number of aliphatic carboxylic acids is 1. The van der Waals surface area contributed by atoms with Crippen molar-refractivity contribution in [1.29, 1.82) is 0 Å². The summed E-state index contributed by atoms with van der Waals surface area (Å²) in [6.45, 7) is 12.4. The summed E-state index contributed by atoms with van der Waals surface area (Å²) in [6.07, 6.45) is 0.864. The molecule has 5 aromatic rings. The van der Waals surface area contributed by atoms with E-state index in [4.69, 9.17) is 35.1 Å². The molecule has 0 bridgehead atoms. The summed E-state index contributed by atoms with van der Waals surface area (Å²) in [5, 5.41) is 9.85. The van der Waals surface area contributed by atoms with Gasteiger partial charge in [-0.3, -0.25) is 9.69 Å². The molecule has 2 aliphatic heterocycles. The minimum absolute atomic E-state index is 0.338. The molecular weight excluding hydrogens is 644 g/mol. The molecule has 1 amide bonds. The Morgan fingerprint density at radius 2 is 1.61 bits per heavy atom. The third-order valence-corrected chi connectivity index (χ3v) is 9.61. The molecule has 11 heteroatoms. The SMILES string of the molecule is Cc1c(-c2nc3c(o2)CCN(C(=O)OC(C)(C)C)C3)cccc1-c1cccc(-c2nc3cc(CN4CCC(C(=O)O)C4)cc(Cl)c3o2)c1C. The van der Waals surface area contributed by atoms with Crippen molar-refractivity contribution >= 4 is 34.8 Å². The van der Waals surface area contributed by atoms with Crippen LogP contribution in [-0.4, -0.2) is 62.2 Å². The number of carboxylic acid groups (broad SMARTS) is 1. The van der Waals surface area contributed by atoms with Gasteiger partial charge in [0.05, 0.1) is 17.5 Å². The molecule has 0 spiro atoms. The normalized spacial score (nSPS) is 16.7. The number of carbonyl (C=O) groups is 2. The fourth-order valence-corrected chi connectivity index (χ4v) is 7.08. The van der Waals surface area contributed by atoms with Crippen LogP contribution in [0.3, 0.4) is 0 Å². The second-order valence-corrected chi connectivity index (χ2v) is 14.4. The number of rotatable bonds is 6. The number of likely N-dealkylation sites (tertiary alicyclic amines) is 1. The lowest BCUT2D eigenvalue weighted by atomic mass is 9.91. The van der Waals surface area contributed by atoms with Crippen molar-refractivity contribution < 1.29 is 28.3 Å². The average Bonchev–Trinajstić information content (AvgIpc) is 3.79. The molecule has 2 aromatic heterocycles. The summed E-state index contributed by atoms with van der Waals surface area (Å²) in [6, 6.07) is 16.0. The molecule has 49 heavy (non-hydrogen) atoms. The lowest BCUT2D eigenvalue weighted by Gasteiger charge is -2.28. The van der Waals surface area contributed by atoms with Crippen LogP contribution >= 0.6 is 11.6 Å². The van der Waals surface area contributed by atoms with Crippen LogP contribution in [-0.2, 0) is 29.0 Å². The molecule has 2 aliphatic rings. The lowest BCUT2D eigenvalue weighted by molar-refractivity contribution is -0.141. The van der Waals surface area contributed by atoms with Crippen molar-refractivity contribution in [3.63, 3.8) is 0 Å². The number of amides is 1. The van der Waals surface area contributed by atoms with E-state index in [1.807, 2.05) is 57.2 Å². The molecule has 4 heterocycles. The lowest BCUT2D eigenvalue weighted by Crippen LogP contribution is -2.39. The van der Waals surface area contributed by atoms with Crippen molar-refractivity contribution in [2.24, 2.45) is 5.92 Å². The predicted molar refractivity (Wildman–Crippen MR) is 186 cm³/mol. The second kappa shape index (κ2) is 12.7. The Kier molecular flexibility index (Phi) is 8.49. The summed E-state index contributed by atoms with van der Waals surface area (Å²) < 4.78 is 18.1. The smallest absolute Gasteiger partial charge is 0.410 e. The third-order valence-electron chi connectivity index (χ3n) is 9.33. The highest BCUT2D eigenvalue weighted by molar-refractivity contribution is 6.34. The minimum Gasteiger partial charge on any atom is -0.481 e. The number of nitrogens with zero attached hydrogens (tertiary/aromatic N) is 4. The quantitative estimate of drug-likeness (QED) is 0.188. The molecule has 0 saturated carbocycles. The summed E-state index contributed by atoms with van der Waals surface area (Å²) in [5.74, 6) is 0.710. The Hall–Kier alpha value is -4.67. The molecule has 1 atom stereocenters. The summed E-state index contributed by atoms with van der Waals surface area (Å²) in [4.78, 5) is 37.6. The molecule has 0 aliphatic carbocycles. The monoisotopic (exact) mass is 682 g/mol. The van der Waals surface area contributed by atoms with Crippen LogP contribution < -0.4 is 0 Å². The Morgan fingerprint density at radius 1 is 0.959 bits per heavy atom. The predicted octanol–water partition coefficient (Wildman–Crippen LogP) is 8.29. The van der Waals surface area contributed by atoms with E-state index in [0.717, 1.165) is 56.9 Å². The molecule has 0 radical (unpaired) electrons. The zero-order valence-electron chi connectivity index (χ0n) is 28.3. The van der Waals surface area contributed by atoms with E-state index >= 15 is 0 Å². The van der Waals surface area contributed by atoms with E-state index in [-0.39, 0.29) is 12.0 Å². The fraction of sp³-hybridized carbons (Fsp3) is 0.368. The van der Waals surface area contributed by atoms with E-state index in [2.05, 4.69) is 30.9 Å². The van der Waals surface area contributed by atoms with Gasteiger partial charge < -0.3 is 23.6 Å². The van der Waals surface area contributed by atoms with Gasteiger partial charge in [-0.15, -0.1) is 0 Å². The van der Waals surface area contributed by atoms with Crippen LogP contribution in [0.2, 0.25) is 5.02 Å². The number of hydrogen-bond donors (Lipinski definition) is 1. The highest BCUT2D eigenvalue weighted by atomic mass is 35.5. The number of carboxylic acids is 1. The molecule has 3 aromatic carbocycles. The number of halogens is 1. The van der Waals surface area contributed by atoms with Gasteiger partial charge >= 0.3 is 12.1 Å². The first-order valence-corrected chi connectivity index (χ1v) is 16.9. The topological polar surface area (TPSA) is 122 Å². The molecule has 1 fully saturated rings. The summed E-state index contributed by atoms with van der Waals surface area (Å²) in [5.41, 5.74) is 8.14. The standard InChI is InChI=1S/C38H39ClN4O6/c1-21-25(8-6-10-27(21)34-41-31-20-43(15-13-32(31)47-34)37(46)49-38(3,4)5)26-9-7-11-28(22(26)2)35-40-30-17-23(16-29(39)33(30)48-35)18-42-14-12-24(19-42)36(44)45/h6-11,16-17,24H,12-15,18-20H2,1-5H3,(H,44,45). The van der Waals surface area contributed by atoms with E-state index < -0.39 is 11.6 Å². The first-order valence-electron chi connectivity index (χ1n) is 16.6. The Bertz CT molecular complexity index is 2090. The number of aromatic nitrogens is 2. The van der Waals surface area contributed by atoms with Crippen LogP contribution in [0.15, 0.2) is 57.4 Å². The van der Waals surface area contributed by atoms with Crippen molar-refractivity contribution in [1.82, 2.24) is 19.8 Å². The van der Waals surface area contributed by atoms with E-state index in [9.17, 15) is 14.7 Å². The van der Waals surface area contributed by atoms with Crippen LogP contribution in [0.4, 0.5) is 4.79 Å². The Balaban J connectivity index is 1.16. The summed E-state index contributed by atoms with van der Waals surface area (Å²) in [7, 11) is 0. The number of ether oxygens (including phenoxy) is 1. The maximum Gasteiger partial charge on any atom is 0.410 e. The molecule has 1 saturated heterocycles. The zero-order chi connectivity index (χ0) is 34.6. The number of fused-ring (bicyclic) bond motifs is 2. The van der Waals surface area contributed by atoms with Crippen LogP contribution in [0.5, 0.6) is 0 Å². The van der Waals surface area contributed by atoms with Gasteiger partial charge in [-0.25, -0.2) is 14.8 Å². The van der Waals surface area contributed by atoms with E-state index in [1.54, 1.807) is 4.90 Å². The molecule has 7 rings (SSSR count). The van der Waals surface area contributed by atoms with Crippen LogP contribution in [0.25, 0.3) is 45.1 Å². The van der Waals surface area contributed by atoms with Gasteiger partial charge in [0.25, 0.3) is 0 Å². The molecular formula is C38H39ClN4O6. The number of hydrogen-bond acceptors (Lipinski definition) is 8. The maximum absolute atomic E-state index is 12.7. The maximum atomic E-state index is 12.7.